The van der Waals surface area contributed by atoms with Crippen molar-refractivity contribution in [3.05, 3.63) is 29.3 Å². The second kappa shape index (κ2) is 2.63. The molecule has 0 unspecified atom stereocenters. The number of Topliss-reactive ketones (excluding diaryl/α,β-unsaturated/α-hetero) is 1. The van der Waals surface area contributed by atoms with Crippen molar-refractivity contribution in [2.24, 2.45) is 0 Å². The molecule has 1 aliphatic heterocycles. The summed E-state index contributed by atoms with van der Waals surface area (Å²) >= 11 is 0. The summed E-state index contributed by atoms with van der Waals surface area (Å²) in [5.74, 6) is 0.945. The van der Waals surface area contributed by atoms with Crippen LogP contribution in [0.5, 0.6) is 5.75 Å². The summed E-state index contributed by atoms with van der Waals surface area (Å²) in [5, 5.41) is 0. The lowest BCUT2D eigenvalue weighted by molar-refractivity contribution is 0.0932. The molecule has 0 radical (unpaired) electrons. The highest BCUT2D eigenvalue weighted by Crippen LogP contribution is 2.26. The van der Waals surface area contributed by atoms with Gasteiger partial charge in [0.05, 0.1) is 12.2 Å². The third kappa shape index (κ3) is 0.998. The zero-order chi connectivity index (χ0) is 8.55. The second-order valence-corrected chi connectivity index (χ2v) is 2.97. The predicted octanol–water partition coefficient (Wildman–Crippen LogP) is 1.96. The summed E-state index contributed by atoms with van der Waals surface area (Å²) in [7, 11) is 0. The van der Waals surface area contributed by atoms with Gasteiger partial charge in [-0.1, -0.05) is 12.1 Å². The summed E-state index contributed by atoms with van der Waals surface area (Å²) in [6.07, 6.45) is 0.512. The monoisotopic (exact) mass is 162 g/mol. The van der Waals surface area contributed by atoms with E-state index in [1.807, 2.05) is 25.1 Å². The summed E-state index contributed by atoms with van der Waals surface area (Å²) in [6, 6.07) is 5.69. The molecule has 1 aliphatic rings. The Labute approximate surface area is 71.2 Å². The molecule has 1 aromatic carbocycles. The van der Waals surface area contributed by atoms with E-state index in [-0.39, 0.29) is 5.78 Å². The van der Waals surface area contributed by atoms with Gasteiger partial charge in [0.2, 0.25) is 0 Å². The quantitative estimate of drug-likeness (QED) is 0.583. The molecule has 0 bridgehead atoms. The van der Waals surface area contributed by atoms with Gasteiger partial charge in [0, 0.05) is 6.42 Å². The number of hydrogen-bond acceptors (Lipinski definition) is 2. The maximum absolute atomic E-state index is 11.4. The van der Waals surface area contributed by atoms with Gasteiger partial charge in [0.25, 0.3) is 0 Å². The number of carbonyl (C=O) groups excluding carboxylic acids is 1. The summed E-state index contributed by atoms with van der Waals surface area (Å²) < 4.78 is 5.35. The van der Waals surface area contributed by atoms with Crippen LogP contribution in [-0.4, -0.2) is 12.4 Å². The summed E-state index contributed by atoms with van der Waals surface area (Å²) in [4.78, 5) is 11.4. The molecular weight excluding hydrogens is 152 g/mol. The van der Waals surface area contributed by atoms with E-state index < -0.39 is 0 Å². The number of fused-ring (bicyclic) bond motifs is 1. The molecule has 62 valence electrons. The Bertz CT molecular complexity index is 329. The Morgan fingerprint density at radius 1 is 1.42 bits per heavy atom. The predicted molar refractivity (Wildman–Crippen MR) is 45.6 cm³/mol. The van der Waals surface area contributed by atoms with Crippen LogP contribution in [0.15, 0.2) is 18.2 Å². The van der Waals surface area contributed by atoms with Crippen LogP contribution >= 0.6 is 0 Å². The van der Waals surface area contributed by atoms with Crippen molar-refractivity contribution in [2.45, 2.75) is 13.3 Å². The minimum absolute atomic E-state index is 0.203. The van der Waals surface area contributed by atoms with Gasteiger partial charge in [0.1, 0.15) is 5.75 Å². The molecule has 0 amide bonds. The Kier molecular flexibility index (Phi) is 1.61. The molecule has 0 aliphatic carbocycles. The lowest BCUT2D eigenvalue weighted by atomic mass is 10.00. The maximum atomic E-state index is 11.4. The van der Waals surface area contributed by atoms with Crippen LogP contribution < -0.4 is 4.74 Å². The van der Waals surface area contributed by atoms with Gasteiger partial charge in [-0.3, -0.25) is 4.79 Å². The number of ketones is 1. The van der Waals surface area contributed by atoms with Crippen molar-refractivity contribution < 1.29 is 9.53 Å². The Balaban J connectivity index is 2.60. The third-order valence-electron chi connectivity index (χ3n) is 2.10. The fourth-order valence-electron chi connectivity index (χ4n) is 1.50. The molecule has 0 fully saturated rings. The number of aryl methyl sites for hydroxylation is 1. The minimum Gasteiger partial charge on any atom is -0.492 e. The largest absolute Gasteiger partial charge is 0.492 e. The van der Waals surface area contributed by atoms with E-state index in [9.17, 15) is 4.79 Å². The first-order valence-electron chi connectivity index (χ1n) is 4.04. The topological polar surface area (TPSA) is 26.3 Å². The van der Waals surface area contributed by atoms with E-state index >= 15 is 0 Å². The summed E-state index contributed by atoms with van der Waals surface area (Å²) in [6.45, 7) is 2.46. The zero-order valence-electron chi connectivity index (χ0n) is 6.96. The molecule has 0 saturated carbocycles. The lowest BCUT2D eigenvalue weighted by Crippen LogP contribution is -2.16. The van der Waals surface area contributed by atoms with Gasteiger partial charge >= 0.3 is 0 Å². The first kappa shape index (κ1) is 7.35. The maximum Gasteiger partial charge on any atom is 0.170 e. The molecule has 2 heteroatoms. The lowest BCUT2D eigenvalue weighted by Gasteiger charge is -2.17. The van der Waals surface area contributed by atoms with Crippen molar-refractivity contribution in [1.29, 1.82) is 0 Å². The van der Waals surface area contributed by atoms with Crippen LogP contribution in [-0.2, 0) is 0 Å². The van der Waals surface area contributed by atoms with Crippen LogP contribution in [0.2, 0.25) is 0 Å². The van der Waals surface area contributed by atoms with Crippen LogP contribution in [0.25, 0.3) is 0 Å². The van der Waals surface area contributed by atoms with E-state index in [2.05, 4.69) is 0 Å². The van der Waals surface area contributed by atoms with Crippen LogP contribution in [0.3, 0.4) is 0 Å². The van der Waals surface area contributed by atoms with E-state index in [1.54, 1.807) is 0 Å². The first-order valence-corrected chi connectivity index (χ1v) is 4.04. The second-order valence-electron chi connectivity index (χ2n) is 2.97. The van der Waals surface area contributed by atoms with Crippen LogP contribution in [0, 0.1) is 6.92 Å². The van der Waals surface area contributed by atoms with Crippen LogP contribution in [0.1, 0.15) is 22.3 Å². The van der Waals surface area contributed by atoms with Gasteiger partial charge in [-0.25, -0.2) is 0 Å². The number of carbonyl (C=O) groups is 1. The van der Waals surface area contributed by atoms with Crippen molar-refractivity contribution in [2.75, 3.05) is 6.61 Å². The zero-order valence-corrected chi connectivity index (χ0v) is 6.96. The van der Waals surface area contributed by atoms with Gasteiger partial charge in [-0.05, 0) is 18.6 Å². The molecule has 0 aromatic heterocycles. The van der Waals surface area contributed by atoms with Crippen LogP contribution in [0.4, 0.5) is 0 Å². The van der Waals surface area contributed by atoms with Gasteiger partial charge < -0.3 is 4.74 Å². The molecule has 1 aromatic rings. The number of rotatable bonds is 0. The standard InChI is InChI=1S/C10H10O2/c1-7-3-2-4-9-10(7)8(11)5-6-12-9/h2-4H,5-6H2,1H3. The third-order valence-corrected chi connectivity index (χ3v) is 2.10. The molecule has 12 heavy (non-hydrogen) atoms. The molecule has 0 atom stereocenters. The number of benzene rings is 1. The van der Waals surface area contributed by atoms with Gasteiger partial charge in [0.15, 0.2) is 5.78 Å². The first-order chi connectivity index (χ1) is 5.79. The van der Waals surface area contributed by atoms with Gasteiger partial charge in [-0.15, -0.1) is 0 Å². The van der Waals surface area contributed by atoms with Crippen molar-refractivity contribution in [1.82, 2.24) is 0 Å². The van der Waals surface area contributed by atoms with Crippen molar-refractivity contribution in [3.8, 4) is 5.75 Å². The average Bonchev–Trinajstić information content (AvgIpc) is 2.04. The number of hydrogen-bond donors (Lipinski definition) is 0. The number of ether oxygens (including phenoxy) is 1. The van der Waals surface area contributed by atoms with E-state index in [4.69, 9.17) is 4.74 Å². The average molecular weight is 162 g/mol. The SMILES string of the molecule is Cc1cccc2c1C(=O)CCO2. The van der Waals surface area contributed by atoms with Crippen molar-refractivity contribution in [3.63, 3.8) is 0 Å². The van der Waals surface area contributed by atoms with Gasteiger partial charge in [-0.2, -0.15) is 0 Å². The molecular formula is C10H10O2. The van der Waals surface area contributed by atoms with E-state index in [0.29, 0.717) is 13.0 Å². The highest BCUT2D eigenvalue weighted by atomic mass is 16.5. The smallest absolute Gasteiger partial charge is 0.170 e. The Hall–Kier alpha value is -1.31. The van der Waals surface area contributed by atoms with Crippen molar-refractivity contribution >= 4 is 5.78 Å². The molecule has 0 saturated heterocycles. The minimum atomic E-state index is 0.203. The summed E-state index contributed by atoms with van der Waals surface area (Å²) in [5.41, 5.74) is 1.78. The molecule has 1 heterocycles. The molecule has 2 rings (SSSR count). The van der Waals surface area contributed by atoms with E-state index in [1.165, 1.54) is 0 Å². The molecule has 0 N–H and O–H groups in total. The molecule has 0 spiro atoms. The molecule has 2 nitrogen and oxygen atoms in total. The normalized spacial score (nSPS) is 15.2. The fraction of sp³-hybridized carbons (Fsp3) is 0.300. The Morgan fingerprint density at radius 2 is 2.25 bits per heavy atom. The van der Waals surface area contributed by atoms with E-state index in [0.717, 1.165) is 16.9 Å². The Morgan fingerprint density at radius 3 is 3.00 bits per heavy atom. The highest BCUT2D eigenvalue weighted by molar-refractivity contribution is 6.00. The fourth-order valence-corrected chi connectivity index (χ4v) is 1.50. The highest BCUT2D eigenvalue weighted by Gasteiger charge is 2.19.